The van der Waals surface area contributed by atoms with Gasteiger partial charge in [0.15, 0.2) is 0 Å². The van der Waals surface area contributed by atoms with Gasteiger partial charge in [0.2, 0.25) is 11.8 Å². The summed E-state index contributed by atoms with van der Waals surface area (Å²) >= 11 is 0. The van der Waals surface area contributed by atoms with Crippen LogP contribution in [0.5, 0.6) is 5.75 Å². The van der Waals surface area contributed by atoms with Crippen LogP contribution in [-0.2, 0) is 14.3 Å². The normalized spacial score (nSPS) is 13.7. The Morgan fingerprint density at radius 1 is 1.06 bits per heavy atom. The molecule has 192 valence electrons. The monoisotopic (exact) mass is 477 g/mol. The summed E-state index contributed by atoms with van der Waals surface area (Å²) in [5.41, 5.74) is -0.942. The number of carbonyl (C=O) groups is 3. The van der Waals surface area contributed by atoms with E-state index in [0.717, 1.165) is 0 Å². The number of hydrogen-bond acceptors (Lipinski definition) is 5. The maximum absolute atomic E-state index is 13.9. The zero-order valence-electron chi connectivity index (χ0n) is 22.2. The van der Waals surface area contributed by atoms with Crippen LogP contribution in [0.1, 0.15) is 86.8 Å². The molecule has 2 atom stereocenters. The molecule has 0 saturated carbocycles. The first kappa shape index (κ1) is 29.3. The molecule has 0 aromatic heterocycles. The maximum atomic E-state index is 13.9. The van der Waals surface area contributed by atoms with E-state index in [0.29, 0.717) is 18.4 Å². The third-order valence-electron chi connectivity index (χ3n) is 4.73. The van der Waals surface area contributed by atoms with E-state index >= 15 is 0 Å². The van der Waals surface area contributed by atoms with Crippen LogP contribution in [0, 0.1) is 5.92 Å². The van der Waals surface area contributed by atoms with Crippen molar-refractivity contribution in [2.75, 3.05) is 6.54 Å². The van der Waals surface area contributed by atoms with Crippen molar-refractivity contribution in [3.63, 3.8) is 0 Å². The Morgan fingerprint density at radius 3 is 2.12 bits per heavy atom. The molecule has 2 unspecified atom stereocenters. The van der Waals surface area contributed by atoms with Crippen molar-refractivity contribution < 1.29 is 24.2 Å². The summed E-state index contributed by atoms with van der Waals surface area (Å²) in [6, 6.07) is 4.55. The summed E-state index contributed by atoms with van der Waals surface area (Å²) in [5, 5.41) is 16.2. The van der Waals surface area contributed by atoms with Gasteiger partial charge in [0, 0.05) is 17.6 Å². The van der Waals surface area contributed by atoms with E-state index in [1.165, 1.54) is 11.0 Å². The minimum absolute atomic E-state index is 0.0778. The summed E-state index contributed by atoms with van der Waals surface area (Å²) < 4.78 is 5.38. The maximum Gasteiger partial charge on any atom is 0.408 e. The van der Waals surface area contributed by atoms with Crippen LogP contribution >= 0.6 is 0 Å². The van der Waals surface area contributed by atoms with E-state index in [-0.39, 0.29) is 18.2 Å². The summed E-state index contributed by atoms with van der Waals surface area (Å²) in [6.45, 7) is 16.9. The van der Waals surface area contributed by atoms with Crippen molar-refractivity contribution in [3.05, 3.63) is 29.8 Å². The van der Waals surface area contributed by atoms with Gasteiger partial charge < -0.3 is 25.4 Å². The van der Waals surface area contributed by atoms with Crippen LogP contribution in [-0.4, -0.2) is 51.6 Å². The molecule has 0 radical (unpaired) electrons. The lowest BCUT2D eigenvalue weighted by Gasteiger charge is -2.36. The van der Waals surface area contributed by atoms with Gasteiger partial charge in [-0.15, -0.1) is 0 Å². The fourth-order valence-corrected chi connectivity index (χ4v) is 3.56. The van der Waals surface area contributed by atoms with E-state index in [1.807, 2.05) is 41.5 Å². The third-order valence-corrected chi connectivity index (χ3v) is 4.73. The van der Waals surface area contributed by atoms with E-state index in [9.17, 15) is 19.5 Å². The van der Waals surface area contributed by atoms with Crippen molar-refractivity contribution in [1.82, 2.24) is 15.5 Å². The van der Waals surface area contributed by atoms with E-state index in [1.54, 1.807) is 39.0 Å². The Labute approximate surface area is 204 Å². The third kappa shape index (κ3) is 9.61. The molecule has 8 nitrogen and oxygen atoms in total. The van der Waals surface area contributed by atoms with E-state index < -0.39 is 41.1 Å². The molecule has 34 heavy (non-hydrogen) atoms. The zero-order valence-corrected chi connectivity index (χ0v) is 22.2. The Bertz CT molecular complexity index is 840. The lowest BCUT2D eigenvalue weighted by Crippen LogP contribution is -2.55. The second kappa shape index (κ2) is 12.1. The number of para-hydroxylation sites is 1. The first-order valence-corrected chi connectivity index (χ1v) is 12.0. The lowest BCUT2D eigenvalue weighted by atomic mass is 9.97. The van der Waals surface area contributed by atoms with Crippen LogP contribution < -0.4 is 10.6 Å². The molecule has 3 N–H and O–H groups in total. The number of nitrogens with one attached hydrogen (secondary N) is 2. The lowest BCUT2D eigenvalue weighted by molar-refractivity contribution is -0.143. The molecular weight excluding hydrogens is 434 g/mol. The molecule has 1 aromatic rings. The highest BCUT2D eigenvalue weighted by atomic mass is 16.6. The second-order valence-corrected chi connectivity index (χ2v) is 11.1. The Hall–Kier alpha value is -2.77. The highest BCUT2D eigenvalue weighted by Crippen LogP contribution is 2.31. The average Bonchev–Trinajstić information content (AvgIpc) is 2.64. The first-order valence-electron chi connectivity index (χ1n) is 12.0. The molecule has 0 saturated heterocycles. The number of phenolic OH excluding ortho intramolecular Hbond substituents is 1. The highest BCUT2D eigenvalue weighted by molar-refractivity contribution is 5.92. The summed E-state index contributed by atoms with van der Waals surface area (Å²) in [6.07, 6.45) is 0.257. The fourth-order valence-electron chi connectivity index (χ4n) is 3.56. The molecule has 3 amide bonds. The standard InChI is InChI=1S/C26H43N3O5/c1-10-15-29(23(32)19(16-17(2)3)27-24(33)34-26(7,8)9)21(22(31)28-25(4,5)6)18-13-11-12-14-20(18)30/h11-14,17,19,21,30H,10,15-16H2,1-9H3,(H,27,33)(H,28,31). The van der Waals surface area contributed by atoms with Crippen molar-refractivity contribution in [2.45, 2.75) is 98.4 Å². The summed E-state index contributed by atoms with van der Waals surface area (Å²) in [4.78, 5) is 41.3. The van der Waals surface area contributed by atoms with Gasteiger partial charge in [-0.25, -0.2) is 4.79 Å². The molecule has 1 aromatic carbocycles. The molecule has 8 heteroatoms. The first-order chi connectivity index (χ1) is 15.6. The smallest absolute Gasteiger partial charge is 0.408 e. The minimum atomic E-state index is -1.07. The van der Waals surface area contributed by atoms with E-state index in [4.69, 9.17) is 4.74 Å². The average molecular weight is 478 g/mol. The van der Waals surface area contributed by atoms with Crippen molar-refractivity contribution in [1.29, 1.82) is 0 Å². The van der Waals surface area contributed by atoms with Gasteiger partial charge in [0.1, 0.15) is 23.4 Å². The van der Waals surface area contributed by atoms with Gasteiger partial charge in [0.05, 0.1) is 0 Å². The largest absolute Gasteiger partial charge is 0.508 e. The molecular formula is C26H43N3O5. The summed E-state index contributed by atoms with van der Waals surface area (Å²) in [5.74, 6) is -0.791. The molecule has 0 aliphatic carbocycles. The predicted octanol–water partition coefficient (Wildman–Crippen LogP) is 4.53. The van der Waals surface area contributed by atoms with Gasteiger partial charge in [-0.3, -0.25) is 9.59 Å². The Kier molecular flexibility index (Phi) is 10.4. The SMILES string of the molecule is CCCN(C(=O)C(CC(C)C)NC(=O)OC(C)(C)C)C(C(=O)NC(C)(C)C)c1ccccc1O. The zero-order chi connectivity index (χ0) is 26.3. The Balaban J connectivity index is 3.47. The fraction of sp³-hybridized carbons (Fsp3) is 0.654. The number of carbonyl (C=O) groups excluding carboxylic acids is 3. The molecule has 1 rings (SSSR count). The minimum Gasteiger partial charge on any atom is -0.508 e. The number of rotatable bonds is 9. The van der Waals surface area contributed by atoms with Crippen molar-refractivity contribution in [2.24, 2.45) is 5.92 Å². The van der Waals surface area contributed by atoms with Crippen LogP contribution in [0.3, 0.4) is 0 Å². The van der Waals surface area contributed by atoms with Gasteiger partial charge in [-0.05, 0) is 66.4 Å². The number of hydrogen-bond donors (Lipinski definition) is 3. The number of aromatic hydroxyl groups is 1. The summed E-state index contributed by atoms with van der Waals surface area (Å²) in [7, 11) is 0. The number of ether oxygens (including phenoxy) is 1. The number of nitrogens with zero attached hydrogens (tertiary/aromatic N) is 1. The predicted molar refractivity (Wildman–Crippen MR) is 133 cm³/mol. The van der Waals surface area contributed by atoms with Gasteiger partial charge >= 0.3 is 6.09 Å². The molecule has 0 fully saturated rings. The molecule has 0 heterocycles. The number of benzene rings is 1. The number of alkyl carbamates (subject to hydrolysis) is 1. The van der Waals surface area contributed by atoms with Crippen LogP contribution in [0.4, 0.5) is 4.79 Å². The second-order valence-electron chi connectivity index (χ2n) is 11.1. The molecule has 0 spiro atoms. The van der Waals surface area contributed by atoms with Gasteiger partial charge in [-0.2, -0.15) is 0 Å². The number of phenols is 1. The topological polar surface area (TPSA) is 108 Å². The van der Waals surface area contributed by atoms with E-state index in [2.05, 4.69) is 10.6 Å². The van der Waals surface area contributed by atoms with Crippen LogP contribution in [0.2, 0.25) is 0 Å². The molecule has 0 aliphatic heterocycles. The number of amides is 3. The molecule has 0 bridgehead atoms. The van der Waals surface area contributed by atoms with Gasteiger partial charge in [-0.1, -0.05) is 39.0 Å². The van der Waals surface area contributed by atoms with Crippen LogP contribution in [0.25, 0.3) is 0 Å². The quantitative estimate of drug-likeness (QED) is 0.484. The molecule has 0 aliphatic rings. The Morgan fingerprint density at radius 2 is 1.65 bits per heavy atom. The van der Waals surface area contributed by atoms with Crippen molar-refractivity contribution >= 4 is 17.9 Å². The van der Waals surface area contributed by atoms with Gasteiger partial charge in [0.25, 0.3) is 0 Å². The van der Waals surface area contributed by atoms with Crippen LogP contribution in [0.15, 0.2) is 24.3 Å². The highest BCUT2D eigenvalue weighted by Gasteiger charge is 2.38. The van der Waals surface area contributed by atoms with Crippen molar-refractivity contribution in [3.8, 4) is 5.75 Å².